The number of benzene rings is 1. The van der Waals surface area contributed by atoms with Crippen LogP contribution < -0.4 is 5.43 Å². The first-order valence-electron chi connectivity index (χ1n) is 5.67. The lowest BCUT2D eigenvalue weighted by Crippen LogP contribution is -2.19. The van der Waals surface area contributed by atoms with Crippen LogP contribution in [0.1, 0.15) is 22.8 Å². The third kappa shape index (κ3) is 3.45. The van der Waals surface area contributed by atoms with Crippen molar-refractivity contribution in [1.82, 2.24) is 10.4 Å². The smallest absolute Gasteiger partial charge is 0.267 e. The zero-order valence-electron chi connectivity index (χ0n) is 10.3. The maximum Gasteiger partial charge on any atom is 0.271 e. The number of carbonyl (C=O) groups excluding carboxylic acids is 1. The number of hydrazone groups is 1. The fraction of sp³-hybridized carbons (Fsp3) is 0.0714. The Bertz CT molecular complexity index is 611. The minimum atomic E-state index is -0.458. The molecular weight excluding hydrogens is 245 g/mol. The van der Waals surface area contributed by atoms with Crippen molar-refractivity contribution in [2.45, 2.75) is 6.92 Å². The number of carbonyl (C=O) groups is 1. The standard InChI is InChI=1S/C14H12FN3O/c1-10(12-5-3-7-16-9-12)17-18-14(19)11-4-2-6-13(15)8-11/h2-9H,1H3,(H,18,19)/b17-10+. The first-order valence-corrected chi connectivity index (χ1v) is 5.67. The van der Waals surface area contributed by atoms with E-state index in [0.717, 1.165) is 11.6 Å². The number of hydrogen-bond donors (Lipinski definition) is 1. The van der Waals surface area contributed by atoms with Crippen LogP contribution in [0.5, 0.6) is 0 Å². The van der Waals surface area contributed by atoms with Crippen molar-refractivity contribution < 1.29 is 9.18 Å². The molecule has 4 nitrogen and oxygen atoms in total. The SMILES string of the molecule is C/C(=N\NC(=O)c1cccc(F)c1)c1cccnc1. The van der Waals surface area contributed by atoms with Gasteiger partial charge in [-0.3, -0.25) is 9.78 Å². The van der Waals surface area contributed by atoms with Gasteiger partial charge in [0.1, 0.15) is 5.82 Å². The van der Waals surface area contributed by atoms with Gasteiger partial charge in [0.15, 0.2) is 0 Å². The molecule has 1 aromatic heterocycles. The summed E-state index contributed by atoms with van der Waals surface area (Å²) in [4.78, 5) is 15.7. The third-order valence-electron chi connectivity index (χ3n) is 2.49. The van der Waals surface area contributed by atoms with Gasteiger partial charge in [-0.05, 0) is 31.2 Å². The number of nitrogens with one attached hydrogen (secondary N) is 1. The van der Waals surface area contributed by atoms with E-state index < -0.39 is 11.7 Å². The van der Waals surface area contributed by atoms with Gasteiger partial charge in [-0.1, -0.05) is 12.1 Å². The van der Waals surface area contributed by atoms with Crippen LogP contribution in [0.2, 0.25) is 0 Å². The van der Waals surface area contributed by atoms with Crippen LogP contribution in [-0.2, 0) is 0 Å². The van der Waals surface area contributed by atoms with Crippen LogP contribution in [0.4, 0.5) is 4.39 Å². The van der Waals surface area contributed by atoms with Gasteiger partial charge in [0, 0.05) is 23.5 Å². The van der Waals surface area contributed by atoms with Crippen molar-refractivity contribution in [3.05, 3.63) is 65.7 Å². The van der Waals surface area contributed by atoms with Gasteiger partial charge in [0.25, 0.3) is 5.91 Å². The van der Waals surface area contributed by atoms with Crippen LogP contribution in [0.3, 0.4) is 0 Å². The molecule has 0 aliphatic heterocycles. The Morgan fingerprint density at radius 1 is 1.26 bits per heavy atom. The molecule has 0 saturated heterocycles. The van der Waals surface area contributed by atoms with Gasteiger partial charge >= 0.3 is 0 Å². The van der Waals surface area contributed by atoms with Crippen LogP contribution in [-0.4, -0.2) is 16.6 Å². The lowest BCUT2D eigenvalue weighted by atomic mass is 10.2. The van der Waals surface area contributed by atoms with E-state index in [0.29, 0.717) is 5.71 Å². The first kappa shape index (κ1) is 12.9. The zero-order valence-corrected chi connectivity index (χ0v) is 10.3. The van der Waals surface area contributed by atoms with Crippen molar-refractivity contribution in [3.8, 4) is 0 Å². The van der Waals surface area contributed by atoms with Gasteiger partial charge in [-0.15, -0.1) is 0 Å². The van der Waals surface area contributed by atoms with Crippen LogP contribution >= 0.6 is 0 Å². The summed E-state index contributed by atoms with van der Waals surface area (Å²) in [6.45, 7) is 1.75. The van der Waals surface area contributed by atoms with E-state index in [4.69, 9.17) is 0 Å². The van der Waals surface area contributed by atoms with Gasteiger partial charge in [-0.2, -0.15) is 5.10 Å². The van der Waals surface area contributed by atoms with Crippen molar-refractivity contribution >= 4 is 11.6 Å². The predicted octanol–water partition coefficient (Wildman–Crippen LogP) is 2.37. The molecular formula is C14H12FN3O. The summed E-state index contributed by atoms with van der Waals surface area (Å²) >= 11 is 0. The minimum absolute atomic E-state index is 0.225. The van der Waals surface area contributed by atoms with E-state index >= 15 is 0 Å². The quantitative estimate of drug-likeness (QED) is 0.678. The highest BCUT2D eigenvalue weighted by molar-refractivity contribution is 6.00. The molecule has 0 aliphatic rings. The summed E-state index contributed by atoms with van der Waals surface area (Å²) in [6.07, 6.45) is 3.30. The van der Waals surface area contributed by atoms with Crippen molar-refractivity contribution in [1.29, 1.82) is 0 Å². The Kier molecular flexibility index (Phi) is 3.97. The third-order valence-corrected chi connectivity index (χ3v) is 2.49. The lowest BCUT2D eigenvalue weighted by molar-refractivity contribution is 0.0954. The first-order chi connectivity index (χ1) is 9.16. The number of amides is 1. The molecule has 1 amide bonds. The fourth-order valence-corrected chi connectivity index (χ4v) is 1.47. The zero-order chi connectivity index (χ0) is 13.7. The summed E-state index contributed by atoms with van der Waals surface area (Å²) in [6, 6.07) is 9.05. The predicted molar refractivity (Wildman–Crippen MR) is 70.3 cm³/mol. The van der Waals surface area contributed by atoms with Crippen LogP contribution in [0.15, 0.2) is 53.9 Å². The number of rotatable bonds is 3. The highest BCUT2D eigenvalue weighted by atomic mass is 19.1. The molecule has 1 N–H and O–H groups in total. The molecule has 0 saturated carbocycles. The van der Waals surface area contributed by atoms with Gasteiger partial charge < -0.3 is 0 Å². The topological polar surface area (TPSA) is 54.4 Å². The molecule has 0 atom stereocenters. The van der Waals surface area contributed by atoms with E-state index in [1.807, 2.05) is 6.07 Å². The van der Waals surface area contributed by atoms with Crippen LogP contribution in [0, 0.1) is 5.82 Å². The summed E-state index contributed by atoms with van der Waals surface area (Å²) in [5.74, 6) is -0.914. The Balaban J connectivity index is 2.08. The van der Waals surface area contributed by atoms with E-state index in [1.54, 1.807) is 25.4 Å². The molecule has 0 spiro atoms. The van der Waals surface area contributed by atoms with Crippen LogP contribution in [0.25, 0.3) is 0 Å². The molecule has 96 valence electrons. The molecule has 2 rings (SSSR count). The Morgan fingerprint density at radius 3 is 2.74 bits per heavy atom. The molecule has 0 aliphatic carbocycles. The monoisotopic (exact) mass is 257 g/mol. The normalized spacial score (nSPS) is 11.2. The van der Waals surface area contributed by atoms with E-state index in [-0.39, 0.29) is 5.56 Å². The van der Waals surface area contributed by atoms with Gasteiger partial charge in [0.05, 0.1) is 5.71 Å². The average molecular weight is 257 g/mol. The van der Waals surface area contributed by atoms with Gasteiger partial charge in [0.2, 0.25) is 0 Å². The van der Waals surface area contributed by atoms with Crippen molar-refractivity contribution in [3.63, 3.8) is 0 Å². The maximum absolute atomic E-state index is 13.0. The maximum atomic E-state index is 13.0. The summed E-state index contributed by atoms with van der Waals surface area (Å²) in [7, 11) is 0. The van der Waals surface area contributed by atoms with Crippen molar-refractivity contribution in [2.75, 3.05) is 0 Å². The van der Waals surface area contributed by atoms with Crippen molar-refractivity contribution in [2.24, 2.45) is 5.10 Å². The number of nitrogens with zero attached hydrogens (tertiary/aromatic N) is 2. The molecule has 0 radical (unpaired) electrons. The lowest BCUT2D eigenvalue weighted by Gasteiger charge is -2.02. The molecule has 19 heavy (non-hydrogen) atoms. The summed E-state index contributed by atoms with van der Waals surface area (Å²) in [5, 5.41) is 3.96. The molecule has 0 bridgehead atoms. The van der Waals surface area contributed by atoms with E-state index in [1.165, 1.54) is 18.2 Å². The summed E-state index contributed by atoms with van der Waals surface area (Å²) < 4.78 is 13.0. The highest BCUT2D eigenvalue weighted by Crippen LogP contribution is 2.03. The van der Waals surface area contributed by atoms with E-state index in [2.05, 4.69) is 15.5 Å². The Hall–Kier alpha value is -2.56. The van der Waals surface area contributed by atoms with Gasteiger partial charge in [-0.25, -0.2) is 9.82 Å². The highest BCUT2D eigenvalue weighted by Gasteiger charge is 2.05. The fourth-order valence-electron chi connectivity index (χ4n) is 1.47. The second-order valence-corrected chi connectivity index (χ2v) is 3.89. The molecule has 0 unspecified atom stereocenters. The number of halogens is 1. The minimum Gasteiger partial charge on any atom is -0.267 e. The van der Waals surface area contributed by atoms with E-state index in [9.17, 15) is 9.18 Å². The Morgan fingerprint density at radius 2 is 2.05 bits per heavy atom. The average Bonchev–Trinajstić information content (AvgIpc) is 2.45. The molecule has 5 heteroatoms. The molecule has 1 aromatic carbocycles. The second-order valence-electron chi connectivity index (χ2n) is 3.89. The molecule has 1 heterocycles. The molecule has 0 fully saturated rings. The summed E-state index contributed by atoms with van der Waals surface area (Å²) in [5.41, 5.74) is 4.03. The largest absolute Gasteiger partial charge is 0.271 e. The Labute approximate surface area is 110 Å². The number of aromatic nitrogens is 1. The number of hydrogen-bond acceptors (Lipinski definition) is 3. The number of pyridine rings is 1. The second kappa shape index (κ2) is 5.86. The molecule has 2 aromatic rings.